The molecule has 1 atom stereocenters. The van der Waals surface area contributed by atoms with Gasteiger partial charge >= 0.3 is 0 Å². The summed E-state index contributed by atoms with van der Waals surface area (Å²) in [6.45, 7) is 12.4. The smallest absolute Gasteiger partial charge is 0.208 e. The van der Waals surface area contributed by atoms with Gasteiger partial charge in [0.25, 0.3) is 0 Å². The Kier molecular flexibility index (Phi) is 5.56. The van der Waals surface area contributed by atoms with Gasteiger partial charge in [0.1, 0.15) is 5.76 Å². The van der Waals surface area contributed by atoms with Crippen LogP contribution in [0, 0.1) is 5.92 Å². The number of rotatable bonds is 6. The predicted molar refractivity (Wildman–Crippen MR) is 79.0 cm³/mol. The molecular formula is C15H29N3O. The molecule has 110 valence electrons. The zero-order chi connectivity index (χ0) is 14.6. The second-order valence-corrected chi connectivity index (χ2v) is 6.80. The maximum atomic E-state index is 6.05. The van der Waals surface area contributed by atoms with Gasteiger partial charge in [0.2, 0.25) is 5.89 Å². The number of nitrogens with zero attached hydrogens (tertiary/aromatic N) is 2. The van der Waals surface area contributed by atoms with Gasteiger partial charge in [0, 0.05) is 11.5 Å². The molecule has 0 bridgehead atoms. The van der Waals surface area contributed by atoms with Crippen molar-refractivity contribution < 1.29 is 4.42 Å². The summed E-state index contributed by atoms with van der Waals surface area (Å²) in [5, 5.41) is 0. The maximum absolute atomic E-state index is 6.05. The van der Waals surface area contributed by atoms with Gasteiger partial charge < -0.3 is 10.2 Å². The van der Waals surface area contributed by atoms with E-state index < -0.39 is 0 Å². The van der Waals surface area contributed by atoms with Crippen LogP contribution in [0.3, 0.4) is 0 Å². The standard InChI is InChI=1S/C15H29N3O/c1-11(2)12(16)7-8-18(6)10-14-17-9-13(19-14)15(3,4)5/h9,11-12H,7-8,10,16H2,1-6H3. The monoisotopic (exact) mass is 267 g/mol. The molecule has 4 nitrogen and oxygen atoms in total. The van der Waals surface area contributed by atoms with Crippen LogP contribution in [0.25, 0.3) is 0 Å². The van der Waals surface area contributed by atoms with Crippen LogP contribution in [-0.2, 0) is 12.0 Å². The molecule has 0 aliphatic rings. The van der Waals surface area contributed by atoms with Crippen LogP contribution in [0.4, 0.5) is 0 Å². The van der Waals surface area contributed by atoms with Gasteiger partial charge in [0.15, 0.2) is 0 Å². The fraction of sp³-hybridized carbons (Fsp3) is 0.800. The minimum atomic E-state index is 0.0177. The molecule has 0 radical (unpaired) electrons. The third-order valence-electron chi connectivity index (χ3n) is 3.40. The summed E-state index contributed by atoms with van der Waals surface area (Å²) in [4.78, 5) is 6.55. The minimum absolute atomic E-state index is 0.0177. The highest BCUT2D eigenvalue weighted by molar-refractivity contribution is 5.05. The van der Waals surface area contributed by atoms with Crippen molar-refractivity contribution in [2.24, 2.45) is 11.7 Å². The van der Waals surface area contributed by atoms with Crippen LogP contribution in [0.15, 0.2) is 10.6 Å². The van der Waals surface area contributed by atoms with Gasteiger partial charge in [-0.15, -0.1) is 0 Å². The molecule has 2 N–H and O–H groups in total. The molecule has 1 heterocycles. The van der Waals surface area contributed by atoms with E-state index >= 15 is 0 Å². The number of nitrogens with two attached hydrogens (primary N) is 1. The van der Waals surface area contributed by atoms with Crippen molar-refractivity contribution in [3.05, 3.63) is 17.8 Å². The van der Waals surface area contributed by atoms with Gasteiger partial charge in [-0.2, -0.15) is 0 Å². The summed E-state index contributed by atoms with van der Waals surface area (Å²) in [6.07, 6.45) is 2.84. The molecule has 0 fully saturated rings. The molecule has 0 saturated carbocycles. The summed E-state index contributed by atoms with van der Waals surface area (Å²) in [7, 11) is 2.08. The molecule has 0 aliphatic heterocycles. The van der Waals surface area contributed by atoms with E-state index in [9.17, 15) is 0 Å². The lowest BCUT2D eigenvalue weighted by atomic mass is 9.94. The van der Waals surface area contributed by atoms with E-state index in [0.29, 0.717) is 5.92 Å². The maximum Gasteiger partial charge on any atom is 0.208 e. The van der Waals surface area contributed by atoms with Crippen LogP contribution < -0.4 is 5.73 Å². The van der Waals surface area contributed by atoms with E-state index in [2.05, 4.69) is 51.6 Å². The Bertz CT molecular complexity index is 379. The molecule has 1 rings (SSSR count). The summed E-state index contributed by atoms with van der Waals surface area (Å²) >= 11 is 0. The molecule has 0 aliphatic carbocycles. The highest BCUT2D eigenvalue weighted by Gasteiger charge is 2.19. The Hall–Kier alpha value is -0.870. The highest BCUT2D eigenvalue weighted by Crippen LogP contribution is 2.23. The first kappa shape index (κ1) is 16.2. The first-order valence-electron chi connectivity index (χ1n) is 7.09. The van der Waals surface area contributed by atoms with Crippen molar-refractivity contribution in [2.75, 3.05) is 13.6 Å². The van der Waals surface area contributed by atoms with Gasteiger partial charge in [-0.1, -0.05) is 34.6 Å². The van der Waals surface area contributed by atoms with Gasteiger partial charge in [-0.25, -0.2) is 4.98 Å². The van der Waals surface area contributed by atoms with Crippen molar-refractivity contribution in [1.29, 1.82) is 0 Å². The van der Waals surface area contributed by atoms with E-state index in [1.54, 1.807) is 0 Å². The molecule has 1 unspecified atom stereocenters. The quantitative estimate of drug-likeness (QED) is 0.861. The minimum Gasteiger partial charge on any atom is -0.444 e. The van der Waals surface area contributed by atoms with Gasteiger partial charge in [0.05, 0.1) is 12.7 Å². The van der Waals surface area contributed by atoms with Crippen LogP contribution in [0.5, 0.6) is 0 Å². The van der Waals surface area contributed by atoms with Crippen molar-refractivity contribution >= 4 is 0 Å². The Balaban J connectivity index is 2.44. The topological polar surface area (TPSA) is 55.3 Å². The summed E-state index contributed by atoms with van der Waals surface area (Å²) in [6, 6.07) is 0.261. The molecule has 0 spiro atoms. The van der Waals surface area contributed by atoms with Crippen molar-refractivity contribution in [1.82, 2.24) is 9.88 Å². The Morgan fingerprint density at radius 1 is 1.37 bits per heavy atom. The number of hydrogen-bond donors (Lipinski definition) is 1. The van der Waals surface area contributed by atoms with Gasteiger partial charge in [-0.3, -0.25) is 4.90 Å². The SMILES string of the molecule is CC(C)C(N)CCN(C)Cc1ncc(C(C)(C)C)o1. The van der Waals surface area contributed by atoms with Crippen molar-refractivity contribution in [3.63, 3.8) is 0 Å². The average Bonchev–Trinajstić information content (AvgIpc) is 2.73. The lowest BCUT2D eigenvalue weighted by Gasteiger charge is -2.20. The van der Waals surface area contributed by atoms with Crippen molar-refractivity contribution in [2.45, 2.75) is 59.0 Å². The second kappa shape index (κ2) is 6.53. The second-order valence-electron chi connectivity index (χ2n) is 6.80. The number of oxazole rings is 1. The first-order chi connectivity index (χ1) is 8.70. The van der Waals surface area contributed by atoms with E-state index in [4.69, 9.17) is 10.2 Å². The largest absolute Gasteiger partial charge is 0.444 e. The average molecular weight is 267 g/mol. The van der Waals surface area contributed by atoms with E-state index in [-0.39, 0.29) is 11.5 Å². The van der Waals surface area contributed by atoms with Crippen LogP contribution in [-0.4, -0.2) is 29.5 Å². The van der Waals surface area contributed by atoms with Crippen molar-refractivity contribution in [3.8, 4) is 0 Å². The fourth-order valence-corrected chi connectivity index (χ4v) is 1.74. The van der Waals surface area contributed by atoms with E-state index in [1.165, 1.54) is 0 Å². The molecule has 1 aromatic rings. The fourth-order valence-electron chi connectivity index (χ4n) is 1.74. The van der Waals surface area contributed by atoms with E-state index in [0.717, 1.165) is 31.2 Å². The van der Waals surface area contributed by atoms with Crippen LogP contribution >= 0.6 is 0 Å². The zero-order valence-electron chi connectivity index (χ0n) is 13.2. The van der Waals surface area contributed by atoms with Crippen LogP contribution in [0.2, 0.25) is 0 Å². The highest BCUT2D eigenvalue weighted by atomic mass is 16.4. The third kappa shape index (κ3) is 5.33. The Morgan fingerprint density at radius 3 is 2.47 bits per heavy atom. The first-order valence-corrected chi connectivity index (χ1v) is 7.09. The summed E-state index contributed by atoms with van der Waals surface area (Å²) in [5.74, 6) is 2.25. The predicted octanol–water partition coefficient (Wildman–Crippen LogP) is 2.78. The molecule has 1 aromatic heterocycles. The lowest BCUT2D eigenvalue weighted by Crippen LogP contribution is -2.31. The summed E-state index contributed by atoms with van der Waals surface area (Å²) < 4.78 is 5.79. The van der Waals surface area contributed by atoms with Gasteiger partial charge in [-0.05, 0) is 25.9 Å². The van der Waals surface area contributed by atoms with E-state index in [1.807, 2.05) is 6.20 Å². The van der Waals surface area contributed by atoms with Crippen LogP contribution in [0.1, 0.15) is 52.7 Å². The number of aromatic nitrogens is 1. The molecule has 4 heteroatoms. The molecule has 19 heavy (non-hydrogen) atoms. The lowest BCUT2D eigenvalue weighted by molar-refractivity contribution is 0.259. The molecule has 0 saturated heterocycles. The number of hydrogen-bond acceptors (Lipinski definition) is 4. The Morgan fingerprint density at radius 2 is 2.00 bits per heavy atom. The molecule has 0 amide bonds. The normalized spacial score (nSPS) is 14.4. The Labute approximate surface area is 117 Å². The zero-order valence-corrected chi connectivity index (χ0v) is 13.2. The summed E-state index contributed by atoms with van der Waals surface area (Å²) in [5.41, 5.74) is 6.07. The molecular weight excluding hydrogens is 238 g/mol. The third-order valence-corrected chi connectivity index (χ3v) is 3.40. The molecule has 0 aromatic carbocycles.